The molecular formula is C25H29NO6. The van der Waals surface area contributed by atoms with Gasteiger partial charge in [-0.15, -0.1) is 0 Å². The van der Waals surface area contributed by atoms with Crippen LogP contribution in [0.3, 0.4) is 0 Å². The lowest BCUT2D eigenvalue weighted by Gasteiger charge is -2.41. The van der Waals surface area contributed by atoms with Gasteiger partial charge in [0.05, 0.1) is 39.7 Å². The highest BCUT2D eigenvalue weighted by molar-refractivity contribution is 6.02. The first kappa shape index (κ1) is 23.2. The van der Waals surface area contributed by atoms with Crippen molar-refractivity contribution in [1.82, 2.24) is 4.90 Å². The van der Waals surface area contributed by atoms with Crippen LogP contribution in [0.25, 0.3) is 6.08 Å². The summed E-state index contributed by atoms with van der Waals surface area (Å²) in [5.74, 6) is 3.19. The lowest BCUT2D eigenvalue weighted by atomic mass is 9.84. The predicted molar refractivity (Wildman–Crippen MR) is 122 cm³/mol. The van der Waals surface area contributed by atoms with Crippen molar-refractivity contribution in [2.75, 3.05) is 41.5 Å². The Balaban J connectivity index is 0.000000207. The fourth-order valence-corrected chi connectivity index (χ4v) is 3.91. The van der Waals surface area contributed by atoms with Crippen LogP contribution in [0.4, 0.5) is 0 Å². The first-order valence-corrected chi connectivity index (χ1v) is 10.4. The van der Waals surface area contributed by atoms with Crippen LogP contribution in [-0.4, -0.2) is 58.5 Å². The minimum Gasteiger partial charge on any atom is -0.497 e. The summed E-state index contributed by atoms with van der Waals surface area (Å²) in [6.07, 6.45) is 4.69. The van der Waals surface area contributed by atoms with E-state index in [0.29, 0.717) is 17.1 Å². The molecule has 3 aliphatic heterocycles. The highest BCUT2D eigenvalue weighted by Gasteiger charge is 2.36. The van der Waals surface area contributed by atoms with Gasteiger partial charge < -0.3 is 23.8 Å². The van der Waals surface area contributed by atoms with Gasteiger partial charge in [0, 0.05) is 36.7 Å². The number of rotatable bonds is 6. The molecule has 0 aliphatic carbocycles. The molecule has 32 heavy (non-hydrogen) atoms. The van der Waals surface area contributed by atoms with Crippen molar-refractivity contribution in [3.05, 3.63) is 53.2 Å². The number of allylic oxidation sites excluding steroid dienone is 1. The maximum absolute atomic E-state index is 12.3. The molecular weight excluding hydrogens is 410 g/mol. The number of hydrogen-bond acceptors (Lipinski definition) is 7. The molecule has 0 atom stereocenters. The predicted octanol–water partition coefficient (Wildman–Crippen LogP) is 3.86. The third-order valence-corrected chi connectivity index (χ3v) is 5.76. The van der Waals surface area contributed by atoms with Gasteiger partial charge in [-0.1, -0.05) is 0 Å². The summed E-state index contributed by atoms with van der Waals surface area (Å²) >= 11 is 0. The van der Waals surface area contributed by atoms with Crippen LogP contribution < -0.4 is 18.9 Å². The number of ether oxygens (including phenoxy) is 4. The van der Waals surface area contributed by atoms with E-state index in [1.165, 1.54) is 7.11 Å². The first-order valence-electron chi connectivity index (χ1n) is 10.4. The number of hydrogen-bond donors (Lipinski definition) is 0. The lowest BCUT2D eigenvalue weighted by molar-refractivity contribution is -0.125. The Morgan fingerprint density at radius 3 is 1.81 bits per heavy atom. The van der Waals surface area contributed by atoms with Crippen LogP contribution in [-0.2, 0) is 4.79 Å². The van der Waals surface area contributed by atoms with E-state index in [1.807, 2.05) is 24.3 Å². The van der Waals surface area contributed by atoms with Gasteiger partial charge in [0.15, 0.2) is 12.1 Å². The largest absolute Gasteiger partial charge is 0.497 e. The zero-order valence-corrected chi connectivity index (χ0v) is 18.9. The van der Waals surface area contributed by atoms with E-state index in [4.69, 9.17) is 18.9 Å². The summed E-state index contributed by atoms with van der Waals surface area (Å²) in [4.78, 5) is 25.0. The first-order chi connectivity index (χ1) is 15.5. The Kier molecular flexibility index (Phi) is 7.76. The zero-order chi connectivity index (χ0) is 23.1. The number of aldehydes is 1. The molecule has 3 saturated heterocycles. The van der Waals surface area contributed by atoms with Crippen molar-refractivity contribution < 1.29 is 28.5 Å². The fraction of sp³-hybridized carbons (Fsp3) is 0.360. The lowest BCUT2D eigenvalue weighted by Crippen LogP contribution is -2.45. The topological polar surface area (TPSA) is 74.3 Å². The normalized spacial score (nSPS) is 16.3. The van der Waals surface area contributed by atoms with Crippen LogP contribution in [0.5, 0.6) is 23.0 Å². The number of carbonyl (C=O) groups is 2. The van der Waals surface area contributed by atoms with Crippen molar-refractivity contribution in [2.24, 2.45) is 5.92 Å². The Hall–Kier alpha value is -3.48. The molecule has 3 heterocycles. The van der Waals surface area contributed by atoms with E-state index >= 15 is 0 Å². The molecule has 0 aromatic heterocycles. The maximum Gasteiger partial charge on any atom is 0.182 e. The Morgan fingerprint density at radius 2 is 1.34 bits per heavy atom. The monoisotopic (exact) mass is 439 g/mol. The number of nitrogens with zero attached hydrogens (tertiary/aromatic N) is 1. The standard InChI is InChI=1S/C16H19NO3.C9H10O3/c1-19-13-4-3-12(15(10-13)20-2)9-14-16(18)11-5-7-17(14)8-6-11;1-11-8-4-3-7(6-10)9(5-8)12-2/h3-4,9-11H,5-8H2,1-2H3;3-6H,1-2H3/b14-9+;. The summed E-state index contributed by atoms with van der Waals surface area (Å²) < 4.78 is 20.5. The quantitative estimate of drug-likeness (QED) is 0.500. The molecule has 0 saturated carbocycles. The molecule has 0 unspecified atom stereocenters. The third-order valence-electron chi connectivity index (χ3n) is 5.76. The van der Waals surface area contributed by atoms with E-state index in [1.54, 1.807) is 39.5 Å². The van der Waals surface area contributed by atoms with E-state index in [9.17, 15) is 9.59 Å². The number of fused-ring (bicyclic) bond motifs is 3. The summed E-state index contributed by atoms with van der Waals surface area (Å²) in [6, 6.07) is 10.7. The van der Waals surface area contributed by atoms with Crippen molar-refractivity contribution in [1.29, 1.82) is 0 Å². The van der Waals surface area contributed by atoms with Crippen LogP contribution in [0.2, 0.25) is 0 Å². The summed E-state index contributed by atoms with van der Waals surface area (Å²) in [5, 5.41) is 0. The molecule has 3 aliphatic rings. The average Bonchev–Trinajstić information content (AvgIpc) is 2.86. The second-order valence-corrected chi connectivity index (χ2v) is 7.49. The van der Waals surface area contributed by atoms with Crippen molar-refractivity contribution >= 4 is 18.1 Å². The minimum atomic E-state index is 0.218. The number of piperidine rings is 3. The van der Waals surface area contributed by atoms with Crippen molar-refractivity contribution in [3.8, 4) is 23.0 Å². The van der Waals surface area contributed by atoms with Crippen LogP contribution in [0.1, 0.15) is 28.8 Å². The molecule has 5 rings (SSSR count). The van der Waals surface area contributed by atoms with Crippen LogP contribution >= 0.6 is 0 Å². The van der Waals surface area contributed by atoms with Gasteiger partial charge in [-0.05, 0) is 43.2 Å². The molecule has 2 aromatic rings. The highest BCUT2D eigenvalue weighted by Crippen LogP contribution is 2.34. The van der Waals surface area contributed by atoms with Gasteiger partial charge in [-0.25, -0.2) is 0 Å². The van der Waals surface area contributed by atoms with Crippen molar-refractivity contribution in [3.63, 3.8) is 0 Å². The number of methoxy groups -OCH3 is 4. The maximum atomic E-state index is 12.3. The zero-order valence-electron chi connectivity index (χ0n) is 18.9. The van der Waals surface area contributed by atoms with Gasteiger partial charge in [0.2, 0.25) is 0 Å². The number of benzene rings is 2. The Labute approximate surface area is 188 Å². The Morgan fingerprint density at radius 1 is 0.812 bits per heavy atom. The van der Waals surface area contributed by atoms with Gasteiger partial charge in [0.1, 0.15) is 23.0 Å². The second-order valence-electron chi connectivity index (χ2n) is 7.49. The second kappa shape index (κ2) is 10.7. The number of ketones is 1. The van der Waals surface area contributed by atoms with E-state index < -0.39 is 0 Å². The number of Topliss-reactive ketones (excluding diaryl/α,β-unsaturated/α-hetero) is 1. The summed E-state index contributed by atoms with van der Waals surface area (Å²) in [5.41, 5.74) is 2.28. The van der Waals surface area contributed by atoms with Gasteiger partial charge in [-0.3, -0.25) is 9.59 Å². The SMILES string of the molecule is COc1ccc(/C=C2\C(=O)C3CCN2CC3)c(OC)c1.COc1ccc(C=O)c(OC)c1. The van der Waals surface area contributed by atoms with Crippen LogP contribution in [0.15, 0.2) is 42.1 Å². The molecule has 0 N–H and O–H groups in total. The molecule has 2 bridgehead atoms. The molecule has 2 aromatic carbocycles. The smallest absolute Gasteiger partial charge is 0.182 e. The molecule has 170 valence electrons. The van der Waals surface area contributed by atoms with E-state index in [0.717, 1.165) is 55.0 Å². The van der Waals surface area contributed by atoms with Gasteiger partial charge in [0.25, 0.3) is 0 Å². The third kappa shape index (κ3) is 5.04. The molecule has 7 nitrogen and oxygen atoms in total. The Bertz CT molecular complexity index is 992. The highest BCUT2D eigenvalue weighted by atomic mass is 16.5. The van der Waals surface area contributed by atoms with Crippen LogP contribution in [0, 0.1) is 5.92 Å². The van der Waals surface area contributed by atoms with Gasteiger partial charge in [-0.2, -0.15) is 0 Å². The molecule has 0 radical (unpaired) electrons. The summed E-state index contributed by atoms with van der Waals surface area (Å²) in [6.45, 7) is 1.97. The molecule has 3 fully saturated rings. The number of carbonyl (C=O) groups excluding carboxylic acids is 2. The van der Waals surface area contributed by atoms with E-state index in [2.05, 4.69) is 4.90 Å². The molecule has 0 spiro atoms. The summed E-state index contributed by atoms with van der Waals surface area (Å²) in [7, 11) is 6.34. The molecule has 7 heteroatoms. The minimum absolute atomic E-state index is 0.218. The molecule has 0 amide bonds. The van der Waals surface area contributed by atoms with Crippen molar-refractivity contribution in [2.45, 2.75) is 12.8 Å². The average molecular weight is 440 g/mol. The van der Waals surface area contributed by atoms with Gasteiger partial charge >= 0.3 is 0 Å². The van der Waals surface area contributed by atoms with E-state index in [-0.39, 0.29) is 11.7 Å². The fourth-order valence-electron chi connectivity index (χ4n) is 3.91.